The van der Waals surface area contributed by atoms with Crippen molar-refractivity contribution < 1.29 is 0 Å². The standard InChI is InChI=1S/C26H23Cl3N4/c27-19-6-9-21-23(10-11-30-24(21)16-19)31-20-7-4-18(5-8-20)17-32-12-14-33(15-13-32)25-3-1-2-22(28)26(25)29/h1-11,16H,12-15,17H2,(H,30,31). The lowest BCUT2D eigenvalue weighted by molar-refractivity contribution is 0.250. The summed E-state index contributed by atoms with van der Waals surface area (Å²) in [5.74, 6) is 0. The Labute approximate surface area is 208 Å². The third kappa shape index (κ3) is 5.04. The summed E-state index contributed by atoms with van der Waals surface area (Å²) in [5, 5.41) is 6.48. The van der Waals surface area contributed by atoms with Gasteiger partial charge in [0, 0.05) is 60.7 Å². The number of anilines is 3. The van der Waals surface area contributed by atoms with Crippen LogP contribution in [0, 0.1) is 0 Å². The number of pyridine rings is 1. The fourth-order valence-corrected chi connectivity index (χ4v) is 4.80. The number of hydrogen-bond acceptors (Lipinski definition) is 4. The predicted molar refractivity (Wildman–Crippen MR) is 140 cm³/mol. The zero-order valence-electron chi connectivity index (χ0n) is 17.9. The number of aromatic nitrogens is 1. The van der Waals surface area contributed by atoms with Crippen LogP contribution in [-0.4, -0.2) is 36.1 Å². The molecule has 0 unspecified atom stereocenters. The van der Waals surface area contributed by atoms with E-state index < -0.39 is 0 Å². The molecule has 0 spiro atoms. The molecule has 2 heterocycles. The number of fused-ring (bicyclic) bond motifs is 1. The first-order chi connectivity index (χ1) is 16.1. The maximum atomic E-state index is 6.40. The second-order valence-corrected chi connectivity index (χ2v) is 9.40. The van der Waals surface area contributed by atoms with E-state index in [0.29, 0.717) is 15.1 Å². The highest BCUT2D eigenvalue weighted by Gasteiger charge is 2.19. The Balaban J connectivity index is 1.20. The summed E-state index contributed by atoms with van der Waals surface area (Å²) in [4.78, 5) is 9.19. The van der Waals surface area contributed by atoms with E-state index in [1.165, 1.54) is 5.56 Å². The highest BCUT2D eigenvalue weighted by molar-refractivity contribution is 6.43. The van der Waals surface area contributed by atoms with Crippen molar-refractivity contribution in [2.75, 3.05) is 36.4 Å². The summed E-state index contributed by atoms with van der Waals surface area (Å²) in [5.41, 5.74) is 5.25. The smallest absolute Gasteiger partial charge is 0.0825 e. The van der Waals surface area contributed by atoms with Crippen LogP contribution in [0.25, 0.3) is 10.9 Å². The van der Waals surface area contributed by atoms with Crippen LogP contribution in [-0.2, 0) is 6.54 Å². The molecule has 0 aliphatic carbocycles. The Kier molecular flexibility index (Phi) is 6.61. The van der Waals surface area contributed by atoms with Gasteiger partial charge >= 0.3 is 0 Å². The lowest BCUT2D eigenvalue weighted by Crippen LogP contribution is -2.46. The first-order valence-corrected chi connectivity index (χ1v) is 12.0. The Morgan fingerprint density at radius 3 is 2.42 bits per heavy atom. The van der Waals surface area contributed by atoms with Gasteiger partial charge in [0.25, 0.3) is 0 Å². The molecular weight excluding hydrogens is 475 g/mol. The Bertz CT molecular complexity index is 1270. The van der Waals surface area contributed by atoms with Crippen LogP contribution in [0.5, 0.6) is 0 Å². The molecule has 0 amide bonds. The number of hydrogen-bond donors (Lipinski definition) is 1. The minimum absolute atomic E-state index is 0.605. The first kappa shape index (κ1) is 22.3. The quantitative estimate of drug-likeness (QED) is 0.314. The summed E-state index contributed by atoms with van der Waals surface area (Å²) in [7, 11) is 0. The molecule has 4 nitrogen and oxygen atoms in total. The third-order valence-corrected chi connectivity index (χ3v) is 7.03. The molecule has 168 valence electrons. The number of halogens is 3. The fourth-order valence-electron chi connectivity index (χ4n) is 4.22. The Morgan fingerprint density at radius 2 is 1.64 bits per heavy atom. The summed E-state index contributed by atoms with van der Waals surface area (Å²) in [6.07, 6.45) is 1.80. The highest BCUT2D eigenvalue weighted by Crippen LogP contribution is 2.33. The summed E-state index contributed by atoms with van der Waals surface area (Å²) in [6.45, 7) is 4.74. The molecule has 0 saturated carbocycles. The van der Waals surface area contributed by atoms with Gasteiger partial charge in [0.05, 0.1) is 21.2 Å². The molecule has 1 aliphatic rings. The molecule has 0 radical (unpaired) electrons. The second kappa shape index (κ2) is 9.78. The maximum Gasteiger partial charge on any atom is 0.0825 e. The molecule has 0 atom stereocenters. The number of rotatable bonds is 5. The van der Waals surface area contributed by atoms with E-state index in [0.717, 1.165) is 60.7 Å². The Morgan fingerprint density at radius 1 is 0.848 bits per heavy atom. The normalized spacial score (nSPS) is 14.6. The summed E-state index contributed by atoms with van der Waals surface area (Å²) >= 11 is 18.7. The summed E-state index contributed by atoms with van der Waals surface area (Å²) in [6, 6.07) is 22.2. The second-order valence-electron chi connectivity index (χ2n) is 8.18. The molecule has 1 aromatic heterocycles. The van der Waals surface area contributed by atoms with Gasteiger partial charge in [-0.05, 0) is 54.1 Å². The van der Waals surface area contributed by atoms with Crippen molar-refractivity contribution in [2.24, 2.45) is 0 Å². The van der Waals surface area contributed by atoms with Crippen molar-refractivity contribution in [1.29, 1.82) is 0 Å². The Hall–Kier alpha value is -2.50. The molecule has 3 aromatic carbocycles. The number of benzene rings is 3. The van der Waals surface area contributed by atoms with E-state index >= 15 is 0 Å². The van der Waals surface area contributed by atoms with Gasteiger partial charge < -0.3 is 10.2 Å². The topological polar surface area (TPSA) is 31.4 Å². The van der Waals surface area contributed by atoms with Crippen molar-refractivity contribution in [3.05, 3.63) is 93.6 Å². The number of nitrogens with one attached hydrogen (secondary N) is 1. The third-order valence-electron chi connectivity index (χ3n) is 5.99. The van der Waals surface area contributed by atoms with E-state index in [4.69, 9.17) is 34.8 Å². The van der Waals surface area contributed by atoms with Crippen LogP contribution < -0.4 is 10.2 Å². The van der Waals surface area contributed by atoms with Crippen LogP contribution in [0.2, 0.25) is 15.1 Å². The van der Waals surface area contributed by atoms with Gasteiger partial charge in [-0.2, -0.15) is 0 Å². The van der Waals surface area contributed by atoms with Crippen LogP contribution in [0.3, 0.4) is 0 Å². The van der Waals surface area contributed by atoms with Gasteiger partial charge in [-0.25, -0.2) is 0 Å². The highest BCUT2D eigenvalue weighted by atomic mass is 35.5. The van der Waals surface area contributed by atoms with Crippen molar-refractivity contribution in [1.82, 2.24) is 9.88 Å². The molecule has 1 saturated heterocycles. The monoisotopic (exact) mass is 496 g/mol. The predicted octanol–water partition coefficient (Wildman–Crippen LogP) is 7.26. The van der Waals surface area contributed by atoms with Gasteiger partial charge in [0.15, 0.2) is 0 Å². The molecule has 1 fully saturated rings. The number of nitrogens with zero attached hydrogens (tertiary/aromatic N) is 3. The lowest BCUT2D eigenvalue weighted by Gasteiger charge is -2.36. The molecule has 1 N–H and O–H groups in total. The minimum Gasteiger partial charge on any atom is -0.368 e. The maximum absolute atomic E-state index is 6.40. The average molecular weight is 498 g/mol. The summed E-state index contributed by atoms with van der Waals surface area (Å²) < 4.78 is 0. The van der Waals surface area contributed by atoms with Crippen LogP contribution >= 0.6 is 34.8 Å². The van der Waals surface area contributed by atoms with Crippen molar-refractivity contribution in [3.63, 3.8) is 0 Å². The number of piperazine rings is 1. The van der Waals surface area contributed by atoms with Gasteiger partial charge in [-0.15, -0.1) is 0 Å². The van der Waals surface area contributed by atoms with Crippen LogP contribution in [0.4, 0.5) is 17.1 Å². The van der Waals surface area contributed by atoms with Crippen LogP contribution in [0.15, 0.2) is 72.9 Å². The molecule has 33 heavy (non-hydrogen) atoms. The van der Waals surface area contributed by atoms with E-state index in [-0.39, 0.29) is 0 Å². The fraction of sp³-hybridized carbons (Fsp3) is 0.192. The first-order valence-electron chi connectivity index (χ1n) is 10.9. The molecule has 5 rings (SSSR count). The van der Waals surface area contributed by atoms with E-state index in [2.05, 4.69) is 44.4 Å². The van der Waals surface area contributed by atoms with Crippen molar-refractivity contribution >= 4 is 62.8 Å². The SMILES string of the molecule is Clc1ccc2c(Nc3ccc(CN4CCN(c5cccc(Cl)c5Cl)CC4)cc3)ccnc2c1. The average Bonchev–Trinajstić information content (AvgIpc) is 2.83. The molecule has 0 bridgehead atoms. The molecule has 7 heteroatoms. The van der Waals surface area contributed by atoms with E-state index in [9.17, 15) is 0 Å². The molecule has 1 aliphatic heterocycles. The van der Waals surface area contributed by atoms with E-state index in [1.54, 1.807) is 6.20 Å². The van der Waals surface area contributed by atoms with E-state index in [1.807, 2.05) is 42.5 Å². The van der Waals surface area contributed by atoms with Crippen molar-refractivity contribution in [2.45, 2.75) is 6.54 Å². The largest absolute Gasteiger partial charge is 0.368 e. The molecule has 4 aromatic rings. The van der Waals surface area contributed by atoms with Gasteiger partial charge in [-0.3, -0.25) is 9.88 Å². The minimum atomic E-state index is 0.605. The van der Waals surface area contributed by atoms with Gasteiger partial charge in [-0.1, -0.05) is 53.0 Å². The van der Waals surface area contributed by atoms with Gasteiger partial charge in [0.1, 0.15) is 0 Å². The zero-order chi connectivity index (χ0) is 22.8. The van der Waals surface area contributed by atoms with Crippen molar-refractivity contribution in [3.8, 4) is 0 Å². The van der Waals surface area contributed by atoms with Crippen LogP contribution in [0.1, 0.15) is 5.56 Å². The lowest BCUT2D eigenvalue weighted by atomic mass is 10.1. The molecular formula is C26H23Cl3N4. The zero-order valence-corrected chi connectivity index (χ0v) is 20.2. The van der Waals surface area contributed by atoms with Gasteiger partial charge in [0.2, 0.25) is 0 Å².